The number of likely N-dealkylation sites (N-methyl/N-ethyl adjacent to an activating group) is 1. The molecule has 2 atom stereocenters. The van der Waals surface area contributed by atoms with Crippen molar-refractivity contribution in [2.45, 2.75) is 25.4 Å². The van der Waals surface area contributed by atoms with Crippen LogP contribution in [0.1, 0.15) is 18.5 Å². The van der Waals surface area contributed by atoms with E-state index in [-0.39, 0.29) is 12.1 Å². The summed E-state index contributed by atoms with van der Waals surface area (Å²) in [4.78, 5) is 0. The molecule has 0 fully saturated rings. The molecule has 0 aliphatic carbocycles. The van der Waals surface area contributed by atoms with Crippen LogP contribution in [-0.2, 0) is 6.42 Å². The summed E-state index contributed by atoms with van der Waals surface area (Å²) in [6, 6.07) is 3.48. The van der Waals surface area contributed by atoms with E-state index in [1.165, 1.54) is 6.07 Å². The summed E-state index contributed by atoms with van der Waals surface area (Å²) in [6.45, 7) is 2.09. The predicted octanol–water partition coefficient (Wildman–Crippen LogP) is 2.62. The number of halogens is 2. The quantitative estimate of drug-likeness (QED) is 0.805. The zero-order valence-electron chi connectivity index (χ0n) is 9.80. The third-order valence-electron chi connectivity index (χ3n) is 3.80. The lowest BCUT2D eigenvalue weighted by atomic mass is 9.94. The second-order valence-corrected chi connectivity index (χ2v) is 4.66. The first-order valence-electron chi connectivity index (χ1n) is 5.78. The highest BCUT2D eigenvalue weighted by molar-refractivity contribution is 5.85. The highest BCUT2D eigenvalue weighted by Crippen LogP contribution is 2.34. The minimum atomic E-state index is -0.755. The summed E-state index contributed by atoms with van der Waals surface area (Å²) in [6.07, 6.45) is 2.57. The molecule has 0 spiro atoms. The third kappa shape index (κ3) is 1.33. The minimum absolute atomic E-state index is 0.245. The Morgan fingerprint density at radius 3 is 2.88 bits per heavy atom. The van der Waals surface area contributed by atoms with Gasteiger partial charge in [-0.3, -0.25) is 0 Å². The van der Waals surface area contributed by atoms with Crippen LogP contribution in [0.5, 0.6) is 0 Å². The smallest absolute Gasteiger partial charge is 0.168 e. The molecule has 0 amide bonds. The molecule has 90 valence electrons. The topological polar surface area (TPSA) is 17.0 Å². The number of hydrogen-bond acceptors (Lipinski definition) is 1. The highest BCUT2D eigenvalue weighted by atomic mass is 19.2. The van der Waals surface area contributed by atoms with Crippen molar-refractivity contribution in [2.75, 3.05) is 7.05 Å². The van der Waals surface area contributed by atoms with Crippen LogP contribution in [0.2, 0.25) is 0 Å². The molecule has 3 rings (SSSR count). The van der Waals surface area contributed by atoms with E-state index >= 15 is 0 Å². The Morgan fingerprint density at radius 2 is 2.18 bits per heavy atom. The van der Waals surface area contributed by atoms with Crippen LogP contribution >= 0.6 is 0 Å². The lowest BCUT2D eigenvalue weighted by molar-refractivity contribution is 0.381. The molecule has 1 aliphatic heterocycles. The van der Waals surface area contributed by atoms with Gasteiger partial charge in [0.15, 0.2) is 11.6 Å². The third-order valence-corrected chi connectivity index (χ3v) is 3.80. The zero-order valence-corrected chi connectivity index (χ0v) is 9.80. The fraction of sp³-hybridized carbons (Fsp3) is 0.385. The van der Waals surface area contributed by atoms with Crippen molar-refractivity contribution >= 4 is 10.9 Å². The summed E-state index contributed by atoms with van der Waals surface area (Å²) in [5, 5.41) is 3.61. The largest absolute Gasteiger partial charge is 0.343 e. The molecule has 0 radical (unpaired) electrons. The van der Waals surface area contributed by atoms with Crippen LogP contribution in [0.25, 0.3) is 10.9 Å². The van der Waals surface area contributed by atoms with Crippen molar-refractivity contribution in [3.63, 3.8) is 0 Å². The molecule has 1 aliphatic rings. The molecule has 0 bridgehead atoms. The Hall–Kier alpha value is -1.42. The Labute approximate surface area is 98.2 Å². The van der Waals surface area contributed by atoms with Crippen molar-refractivity contribution in [2.24, 2.45) is 0 Å². The van der Waals surface area contributed by atoms with Crippen LogP contribution < -0.4 is 5.32 Å². The average Bonchev–Trinajstić information content (AvgIpc) is 2.76. The van der Waals surface area contributed by atoms with E-state index in [1.54, 1.807) is 6.07 Å². The molecular weight excluding hydrogens is 222 g/mol. The molecule has 2 heterocycles. The van der Waals surface area contributed by atoms with E-state index in [0.717, 1.165) is 17.5 Å². The van der Waals surface area contributed by atoms with Gasteiger partial charge in [-0.05, 0) is 38.1 Å². The van der Waals surface area contributed by atoms with Gasteiger partial charge in [-0.25, -0.2) is 8.78 Å². The van der Waals surface area contributed by atoms with E-state index in [0.29, 0.717) is 5.39 Å². The minimum Gasteiger partial charge on any atom is -0.343 e. The van der Waals surface area contributed by atoms with E-state index in [9.17, 15) is 8.78 Å². The number of nitrogens with zero attached hydrogens (tertiary/aromatic N) is 1. The Balaban J connectivity index is 2.32. The van der Waals surface area contributed by atoms with Crippen molar-refractivity contribution in [3.8, 4) is 0 Å². The van der Waals surface area contributed by atoms with Gasteiger partial charge in [0.05, 0.1) is 5.52 Å². The van der Waals surface area contributed by atoms with E-state index in [1.807, 2.05) is 17.8 Å². The molecule has 0 unspecified atom stereocenters. The van der Waals surface area contributed by atoms with Gasteiger partial charge in [-0.2, -0.15) is 0 Å². The molecule has 0 saturated heterocycles. The lowest BCUT2D eigenvalue weighted by Crippen LogP contribution is -2.38. The molecule has 1 aromatic carbocycles. The first kappa shape index (κ1) is 10.7. The average molecular weight is 236 g/mol. The number of hydrogen-bond donors (Lipinski definition) is 1. The second-order valence-electron chi connectivity index (χ2n) is 4.66. The van der Waals surface area contributed by atoms with Crippen LogP contribution in [0.15, 0.2) is 18.3 Å². The Bertz CT molecular complexity index is 589. The summed E-state index contributed by atoms with van der Waals surface area (Å²) < 4.78 is 29.1. The monoisotopic (exact) mass is 236 g/mol. The molecule has 2 nitrogen and oxygen atoms in total. The number of nitrogens with one attached hydrogen (secondary N) is 1. The van der Waals surface area contributed by atoms with Crippen molar-refractivity contribution in [3.05, 3.63) is 35.5 Å². The maximum Gasteiger partial charge on any atom is 0.168 e. The summed E-state index contributed by atoms with van der Waals surface area (Å²) in [5.74, 6) is -1.49. The summed E-state index contributed by atoms with van der Waals surface area (Å²) >= 11 is 0. The second kappa shape index (κ2) is 3.53. The van der Waals surface area contributed by atoms with Gasteiger partial charge in [0.1, 0.15) is 0 Å². The van der Waals surface area contributed by atoms with Gasteiger partial charge in [0.25, 0.3) is 0 Å². The maximum absolute atomic E-state index is 13.7. The fourth-order valence-electron chi connectivity index (χ4n) is 2.82. The van der Waals surface area contributed by atoms with Crippen LogP contribution in [0, 0.1) is 11.6 Å². The van der Waals surface area contributed by atoms with Gasteiger partial charge in [0, 0.05) is 23.7 Å². The van der Waals surface area contributed by atoms with E-state index in [4.69, 9.17) is 0 Å². The van der Waals surface area contributed by atoms with Crippen LogP contribution in [-0.4, -0.2) is 17.7 Å². The van der Waals surface area contributed by atoms with Gasteiger partial charge in [-0.1, -0.05) is 0 Å². The highest BCUT2D eigenvalue weighted by Gasteiger charge is 2.28. The maximum atomic E-state index is 13.7. The molecule has 17 heavy (non-hydrogen) atoms. The number of aromatic nitrogens is 1. The van der Waals surface area contributed by atoms with Crippen molar-refractivity contribution in [1.82, 2.24) is 9.88 Å². The SMILES string of the molecule is CN[C@H]1Cc2cc(F)c(F)c3ccn(c23)[C@@H]1C. The van der Waals surface area contributed by atoms with Crippen molar-refractivity contribution in [1.29, 1.82) is 0 Å². The first-order valence-corrected chi connectivity index (χ1v) is 5.78. The summed E-state index contributed by atoms with van der Waals surface area (Å²) in [5.41, 5.74) is 1.71. The van der Waals surface area contributed by atoms with Gasteiger partial charge in [0.2, 0.25) is 0 Å². The Kier molecular flexibility index (Phi) is 2.23. The Morgan fingerprint density at radius 1 is 1.41 bits per heavy atom. The molecule has 1 N–H and O–H groups in total. The first-order chi connectivity index (χ1) is 8.13. The van der Waals surface area contributed by atoms with Gasteiger partial charge in [-0.15, -0.1) is 0 Å². The number of rotatable bonds is 1. The number of benzene rings is 1. The van der Waals surface area contributed by atoms with Crippen LogP contribution in [0.3, 0.4) is 0 Å². The lowest BCUT2D eigenvalue weighted by Gasteiger charge is -2.31. The fourth-order valence-corrected chi connectivity index (χ4v) is 2.82. The molecule has 1 aromatic heterocycles. The molecule has 0 saturated carbocycles. The van der Waals surface area contributed by atoms with E-state index < -0.39 is 11.6 Å². The van der Waals surface area contributed by atoms with E-state index in [2.05, 4.69) is 12.2 Å². The molecule has 4 heteroatoms. The summed E-state index contributed by atoms with van der Waals surface area (Å²) in [7, 11) is 1.90. The predicted molar refractivity (Wildman–Crippen MR) is 63.1 cm³/mol. The van der Waals surface area contributed by atoms with Gasteiger partial charge < -0.3 is 9.88 Å². The molecular formula is C13H14F2N2. The normalized spacial score (nSPS) is 23.3. The van der Waals surface area contributed by atoms with Crippen molar-refractivity contribution < 1.29 is 8.78 Å². The zero-order chi connectivity index (χ0) is 12.2. The molecule has 2 aromatic rings. The van der Waals surface area contributed by atoms with Crippen LogP contribution in [0.4, 0.5) is 8.78 Å². The van der Waals surface area contributed by atoms with Gasteiger partial charge >= 0.3 is 0 Å². The standard InChI is InChI=1S/C13H14F2N2/c1-7-11(16-2)6-8-5-10(14)12(15)9-3-4-17(7)13(8)9/h3-5,7,11,16H,6H2,1-2H3/t7-,11+/m1/s1.